The molecule has 8 nitrogen and oxygen atoms in total. The van der Waals surface area contributed by atoms with Gasteiger partial charge in [-0.1, -0.05) is 24.2 Å². The molecule has 0 amide bonds. The average Bonchev–Trinajstić information content (AvgIpc) is 3.43. The van der Waals surface area contributed by atoms with Gasteiger partial charge in [0.15, 0.2) is 5.82 Å². The molecule has 0 saturated carbocycles. The molecule has 1 aromatic carbocycles. The Hall–Kier alpha value is -2.74. The maximum atomic E-state index is 12.8. The molecule has 4 heterocycles. The monoisotopic (exact) mass is 395 g/mol. The van der Waals surface area contributed by atoms with Crippen molar-refractivity contribution < 1.29 is 14.1 Å². The van der Waals surface area contributed by atoms with Gasteiger partial charge in [0.05, 0.1) is 35.9 Å². The third-order valence-corrected chi connectivity index (χ3v) is 6.24. The summed E-state index contributed by atoms with van der Waals surface area (Å²) in [6.45, 7) is 4.99. The van der Waals surface area contributed by atoms with Crippen molar-refractivity contribution in [3.05, 3.63) is 42.3 Å². The molecule has 0 radical (unpaired) electrons. The van der Waals surface area contributed by atoms with Crippen LogP contribution in [-0.4, -0.2) is 49.8 Å². The Kier molecular flexibility index (Phi) is 4.58. The lowest BCUT2D eigenvalue weighted by Gasteiger charge is -2.35. The van der Waals surface area contributed by atoms with Gasteiger partial charge in [0.25, 0.3) is 0 Å². The van der Waals surface area contributed by atoms with Gasteiger partial charge in [-0.3, -0.25) is 9.69 Å². The summed E-state index contributed by atoms with van der Waals surface area (Å²) in [5.74, 6) is 1.35. The van der Waals surface area contributed by atoms with Crippen LogP contribution in [0.4, 0.5) is 0 Å². The van der Waals surface area contributed by atoms with Gasteiger partial charge in [-0.05, 0) is 38.1 Å². The van der Waals surface area contributed by atoms with Gasteiger partial charge in [0.2, 0.25) is 5.89 Å². The summed E-state index contributed by atoms with van der Waals surface area (Å²) in [5.41, 5.74) is 1.68. The number of rotatable bonds is 5. The van der Waals surface area contributed by atoms with E-state index in [1.54, 1.807) is 0 Å². The van der Waals surface area contributed by atoms with E-state index in [0.29, 0.717) is 19.0 Å². The number of carbonyl (C=O) groups excluding carboxylic acids is 1. The van der Waals surface area contributed by atoms with Gasteiger partial charge < -0.3 is 13.8 Å². The van der Waals surface area contributed by atoms with Crippen LogP contribution in [0.2, 0.25) is 0 Å². The fourth-order valence-electron chi connectivity index (χ4n) is 4.56. The highest BCUT2D eigenvalue weighted by atomic mass is 16.6. The number of cyclic esters (lactones) is 1. The summed E-state index contributed by atoms with van der Waals surface area (Å²) in [5, 5.41) is 4.04. The van der Waals surface area contributed by atoms with Crippen molar-refractivity contribution in [1.82, 2.24) is 24.6 Å². The van der Waals surface area contributed by atoms with Crippen molar-refractivity contribution in [3.63, 3.8) is 0 Å². The van der Waals surface area contributed by atoms with E-state index in [1.165, 1.54) is 0 Å². The van der Waals surface area contributed by atoms with Crippen LogP contribution in [0.15, 0.2) is 35.1 Å². The van der Waals surface area contributed by atoms with E-state index in [9.17, 15) is 4.79 Å². The van der Waals surface area contributed by atoms with E-state index < -0.39 is 0 Å². The fraction of sp³-hybridized carbons (Fsp3) is 0.524. The van der Waals surface area contributed by atoms with Gasteiger partial charge >= 0.3 is 5.97 Å². The van der Waals surface area contributed by atoms with E-state index >= 15 is 0 Å². The van der Waals surface area contributed by atoms with Gasteiger partial charge in [-0.25, -0.2) is 4.98 Å². The second kappa shape index (κ2) is 7.26. The predicted octanol–water partition coefficient (Wildman–Crippen LogP) is 2.58. The maximum absolute atomic E-state index is 12.8. The Bertz CT molecular complexity index is 1020. The Morgan fingerprint density at radius 2 is 2.07 bits per heavy atom. The van der Waals surface area contributed by atoms with E-state index in [2.05, 4.69) is 30.7 Å². The number of benzene rings is 1. The second-order valence-electron chi connectivity index (χ2n) is 8.13. The minimum absolute atomic E-state index is 0.0422. The lowest BCUT2D eigenvalue weighted by molar-refractivity contribution is -0.151. The van der Waals surface area contributed by atoms with Gasteiger partial charge in [0.1, 0.15) is 6.10 Å². The maximum Gasteiger partial charge on any atom is 0.312 e. The number of imidazole rings is 1. The third-order valence-electron chi connectivity index (χ3n) is 6.24. The fourth-order valence-corrected chi connectivity index (χ4v) is 4.56. The second-order valence-corrected chi connectivity index (χ2v) is 8.13. The summed E-state index contributed by atoms with van der Waals surface area (Å²) in [4.78, 5) is 23.9. The molecule has 1 unspecified atom stereocenters. The molecule has 2 aliphatic heterocycles. The first-order chi connectivity index (χ1) is 14.1. The number of fused-ring (bicyclic) bond motifs is 1. The van der Waals surface area contributed by atoms with Crippen molar-refractivity contribution in [3.8, 4) is 0 Å². The number of para-hydroxylation sites is 2. The van der Waals surface area contributed by atoms with E-state index in [4.69, 9.17) is 9.26 Å². The Balaban J connectivity index is 1.21. The largest absolute Gasteiger partial charge is 0.460 e. The van der Waals surface area contributed by atoms with E-state index in [0.717, 1.165) is 55.6 Å². The molecule has 2 aliphatic rings. The molecular weight excluding hydrogens is 370 g/mol. The molecule has 5 rings (SSSR count). The smallest absolute Gasteiger partial charge is 0.312 e. The number of esters is 1. The first-order valence-corrected chi connectivity index (χ1v) is 10.3. The molecule has 152 valence electrons. The van der Waals surface area contributed by atoms with Crippen LogP contribution in [0.5, 0.6) is 0 Å². The van der Waals surface area contributed by atoms with Crippen LogP contribution >= 0.6 is 0 Å². The number of carbonyl (C=O) groups is 1. The zero-order valence-electron chi connectivity index (χ0n) is 16.6. The van der Waals surface area contributed by atoms with Crippen LogP contribution in [0.25, 0.3) is 11.0 Å². The van der Waals surface area contributed by atoms with Crippen molar-refractivity contribution in [1.29, 1.82) is 0 Å². The molecule has 1 spiro atoms. The summed E-state index contributed by atoms with van der Waals surface area (Å²) in [6, 6.07) is 8.04. The topological polar surface area (TPSA) is 86.3 Å². The standard InChI is InChI=1S/C21H25N5O3/c1-2-19-23-18(24-29-19)13-25-9-7-21(8-10-25)11-15(28-20(21)27)12-26-14-22-16-5-3-4-6-17(16)26/h3-6,14-15H,2,7-13H2,1H3. The van der Waals surface area contributed by atoms with Crippen LogP contribution in [0.3, 0.4) is 0 Å². The Morgan fingerprint density at radius 1 is 1.24 bits per heavy atom. The van der Waals surface area contributed by atoms with Crippen LogP contribution < -0.4 is 0 Å². The number of piperidine rings is 1. The number of nitrogens with zero attached hydrogens (tertiary/aromatic N) is 5. The van der Waals surface area contributed by atoms with Gasteiger partial charge in [-0.15, -0.1) is 0 Å². The Morgan fingerprint density at radius 3 is 2.86 bits per heavy atom. The molecule has 29 heavy (non-hydrogen) atoms. The normalized spacial score (nSPS) is 21.8. The molecular formula is C21H25N5O3. The number of ether oxygens (including phenoxy) is 1. The highest BCUT2D eigenvalue weighted by molar-refractivity contribution is 5.79. The number of likely N-dealkylation sites (tertiary alicyclic amines) is 1. The van der Waals surface area contributed by atoms with Crippen LogP contribution in [0.1, 0.15) is 37.9 Å². The number of hydrogen-bond acceptors (Lipinski definition) is 7. The third kappa shape index (κ3) is 3.42. The SMILES string of the molecule is CCc1nc(CN2CCC3(CC2)CC(Cn2cnc4ccccc42)OC3=O)no1. The summed E-state index contributed by atoms with van der Waals surface area (Å²) in [7, 11) is 0. The number of aryl methyl sites for hydroxylation is 1. The molecule has 2 aromatic heterocycles. The van der Waals surface area contributed by atoms with E-state index in [1.807, 2.05) is 31.5 Å². The van der Waals surface area contributed by atoms with Gasteiger partial charge in [0, 0.05) is 12.8 Å². The molecule has 0 aliphatic carbocycles. The molecule has 2 fully saturated rings. The van der Waals surface area contributed by atoms with Crippen molar-refractivity contribution >= 4 is 17.0 Å². The highest BCUT2D eigenvalue weighted by Gasteiger charge is 2.50. The average molecular weight is 395 g/mol. The molecule has 3 aromatic rings. The zero-order valence-corrected chi connectivity index (χ0v) is 16.6. The molecule has 2 saturated heterocycles. The number of hydrogen-bond donors (Lipinski definition) is 0. The predicted molar refractivity (Wildman–Crippen MR) is 105 cm³/mol. The summed E-state index contributed by atoms with van der Waals surface area (Å²) in [6.07, 6.45) is 4.87. The summed E-state index contributed by atoms with van der Waals surface area (Å²) < 4.78 is 13.1. The lowest BCUT2D eigenvalue weighted by Crippen LogP contribution is -2.42. The first kappa shape index (κ1) is 18.3. The number of aromatic nitrogens is 4. The lowest BCUT2D eigenvalue weighted by atomic mass is 9.76. The molecule has 1 atom stereocenters. The van der Waals surface area contributed by atoms with Crippen molar-refractivity contribution in [2.45, 2.75) is 51.8 Å². The van der Waals surface area contributed by atoms with Crippen molar-refractivity contribution in [2.24, 2.45) is 5.41 Å². The highest BCUT2D eigenvalue weighted by Crippen LogP contribution is 2.43. The Labute approximate surface area is 168 Å². The van der Waals surface area contributed by atoms with Crippen LogP contribution in [0, 0.1) is 5.41 Å². The minimum Gasteiger partial charge on any atom is -0.460 e. The minimum atomic E-state index is -0.358. The quantitative estimate of drug-likeness (QED) is 0.614. The first-order valence-electron chi connectivity index (χ1n) is 10.3. The van der Waals surface area contributed by atoms with E-state index in [-0.39, 0.29) is 17.5 Å². The molecule has 8 heteroatoms. The summed E-state index contributed by atoms with van der Waals surface area (Å²) >= 11 is 0. The van der Waals surface area contributed by atoms with Crippen LogP contribution in [-0.2, 0) is 29.0 Å². The molecule has 0 bridgehead atoms. The van der Waals surface area contributed by atoms with Crippen molar-refractivity contribution in [2.75, 3.05) is 13.1 Å². The van der Waals surface area contributed by atoms with Gasteiger partial charge in [-0.2, -0.15) is 4.98 Å². The molecule has 0 N–H and O–H groups in total. The zero-order chi connectivity index (χ0) is 19.8.